The Morgan fingerprint density at radius 3 is 2.77 bits per heavy atom. The van der Waals surface area contributed by atoms with Crippen LogP contribution in [0.15, 0.2) is 48.5 Å². The molecule has 1 saturated heterocycles. The fourth-order valence-corrected chi connectivity index (χ4v) is 4.04. The van der Waals surface area contributed by atoms with Crippen molar-refractivity contribution in [1.82, 2.24) is 4.90 Å². The number of benzene rings is 2. The number of nitrogens with zero attached hydrogens (tertiary/aromatic N) is 2. The second-order valence-electron chi connectivity index (χ2n) is 5.84. The van der Waals surface area contributed by atoms with Crippen LogP contribution in [0.3, 0.4) is 0 Å². The van der Waals surface area contributed by atoms with Crippen LogP contribution in [-0.4, -0.2) is 30.2 Å². The van der Waals surface area contributed by atoms with Crippen LogP contribution in [-0.2, 0) is 11.4 Å². The van der Waals surface area contributed by atoms with Crippen LogP contribution in [0.1, 0.15) is 22.9 Å². The molecule has 1 aliphatic rings. The average molecular weight is 368 g/mol. The maximum atomic E-state index is 12.1. The molecule has 1 heterocycles. The first-order chi connectivity index (χ1) is 12.7. The maximum absolute atomic E-state index is 12.1. The molecule has 134 valence electrons. The molecule has 2 aromatic rings. The number of ether oxygens (including phenoxy) is 2. The second-order valence-corrected chi connectivity index (χ2v) is 6.91. The van der Waals surface area contributed by atoms with Crippen molar-refractivity contribution in [2.45, 2.75) is 18.4 Å². The third kappa shape index (κ3) is 4.12. The number of nitriles is 1. The Labute approximate surface area is 157 Å². The van der Waals surface area contributed by atoms with Gasteiger partial charge in [0.25, 0.3) is 0 Å². The lowest BCUT2D eigenvalue weighted by Gasteiger charge is -2.24. The third-order valence-electron chi connectivity index (χ3n) is 4.14. The van der Waals surface area contributed by atoms with Gasteiger partial charge >= 0.3 is 0 Å². The standard InChI is InChI=1S/C20H20N2O3S/c1-24-18-12-16(20-22(11-5-10-21)19(23)14-26-20)8-9-17(18)25-13-15-6-3-2-4-7-15/h2-4,6-9,12,20H,5,11,13-14H2,1H3. The van der Waals surface area contributed by atoms with Gasteiger partial charge < -0.3 is 14.4 Å². The lowest BCUT2D eigenvalue weighted by molar-refractivity contribution is -0.127. The summed E-state index contributed by atoms with van der Waals surface area (Å²) in [5.74, 6) is 1.81. The number of amides is 1. The number of carbonyl (C=O) groups is 1. The smallest absolute Gasteiger partial charge is 0.233 e. The largest absolute Gasteiger partial charge is 0.493 e. The molecule has 6 heteroatoms. The van der Waals surface area contributed by atoms with Crippen LogP contribution in [0.2, 0.25) is 0 Å². The lowest BCUT2D eigenvalue weighted by Crippen LogP contribution is -2.29. The van der Waals surface area contributed by atoms with Gasteiger partial charge in [-0.25, -0.2) is 0 Å². The van der Waals surface area contributed by atoms with Gasteiger partial charge in [0.2, 0.25) is 5.91 Å². The molecule has 0 saturated carbocycles. The van der Waals surface area contributed by atoms with E-state index in [0.29, 0.717) is 36.8 Å². The fraction of sp³-hybridized carbons (Fsp3) is 0.300. The zero-order valence-electron chi connectivity index (χ0n) is 14.6. The predicted molar refractivity (Wildman–Crippen MR) is 101 cm³/mol. The first-order valence-electron chi connectivity index (χ1n) is 8.35. The molecule has 5 nitrogen and oxygen atoms in total. The van der Waals surface area contributed by atoms with E-state index in [0.717, 1.165) is 11.1 Å². The van der Waals surface area contributed by atoms with E-state index in [1.54, 1.807) is 23.8 Å². The molecule has 1 amide bonds. The average Bonchev–Trinajstić information content (AvgIpc) is 3.05. The van der Waals surface area contributed by atoms with E-state index in [-0.39, 0.29) is 11.3 Å². The third-order valence-corrected chi connectivity index (χ3v) is 5.40. The summed E-state index contributed by atoms with van der Waals surface area (Å²) >= 11 is 1.57. The Kier molecular flexibility index (Phi) is 6.03. The number of rotatable bonds is 7. The van der Waals surface area contributed by atoms with Crippen LogP contribution in [0, 0.1) is 11.3 Å². The Morgan fingerprint density at radius 1 is 1.23 bits per heavy atom. The first-order valence-corrected chi connectivity index (χ1v) is 9.40. The summed E-state index contributed by atoms with van der Waals surface area (Å²) in [7, 11) is 1.61. The molecule has 1 fully saturated rings. The quantitative estimate of drug-likeness (QED) is 0.745. The Hall–Kier alpha value is -2.65. The Morgan fingerprint density at radius 2 is 2.04 bits per heavy atom. The van der Waals surface area contributed by atoms with E-state index >= 15 is 0 Å². The minimum absolute atomic E-state index is 0.0682. The van der Waals surface area contributed by atoms with Gasteiger partial charge in [0.05, 0.1) is 25.4 Å². The number of hydrogen-bond donors (Lipinski definition) is 0. The summed E-state index contributed by atoms with van der Waals surface area (Å²) in [6.45, 7) is 0.906. The highest BCUT2D eigenvalue weighted by atomic mass is 32.2. The highest BCUT2D eigenvalue weighted by Crippen LogP contribution is 2.41. The summed E-state index contributed by atoms with van der Waals surface area (Å²) < 4.78 is 11.4. The molecule has 0 aromatic heterocycles. The molecule has 0 bridgehead atoms. The summed E-state index contributed by atoms with van der Waals surface area (Å²) in [5.41, 5.74) is 2.06. The highest BCUT2D eigenvalue weighted by molar-refractivity contribution is 8.00. The van der Waals surface area contributed by atoms with Crippen molar-refractivity contribution in [2.75, 3.05) is 19.4 Å². The topological polar surface area (TPSA) is 62.6 Å². The molecular formula is C20H20N2O3S. The predicted octanol–water partition coefficient (Wildman–Crippen LogP) is 3.76. The van der Waals surface area contributed by atoms with Gasteiger partial charge in [-0.3, -0.25) is 4.79 Å². The second kappa shape index (κ2) is 8.63. The van der Waals surface area contributed by atoms with E-state index in [9.17, 15) is 4.79 Å². The normalized spacial score (nSPS) is 16.4. The molecule has 26 heavy (non-hydrogen) atoms. The SMILES string of the molecule is COc1cc(C2SCC(=O)N2CCC#N)ccc1OCc1ccccc1. The van der Waals surface area contributed by atoms with Crippen molar-refractivity contribution in [3.63, 3.8) is 0 Å². The van der Waals surface area contributed by atoms with Gasteiger partial charge in [0, 0.05) is 6.54 Å². The molecule has 0 N–H and O–H groups in total. The van der Waals surface area contributed by atoms with Crippen molar-refractivity contribution in [3.8, 4) is 17.6 Å². The Balaban J connectivity index is 1.75. The van der Waals surface area contributed by atoms with Crippen LogP contribution in [0.5, 0.6) is 11.5 Å². The Bertz CT molecular complexity index is 804. The van der Waals surface area contributed by atoms with E-state index < -0.39 is 0 Å². The van der Waals surface area contributed by atoms with Crippen molar-refractivity contribution in [2.24, 2.45) is 0 Å². The van der Waals surface area contributed by atoms with E-state index in [1.165, 1.54) is 0 Å². The molecule has 0 radical (unpaired) electrons. The van der Waals surface area contributed by atoms with Crippen LogP contribution in [0.25, 0.3) is 0 Å². The van der Waals surface area contributed by atoms with E-state index in [2.05, 4.69) is 6.07 Å². The van der Waals surface area contributed by atoms with Crippen molar-refractivity contribution >= 4 is 17.7 Å². The number of thioether (sulfide) groups is 1. The molecule has 1 atom stereocenters. The fourth-order valence-electron chi connectivity index (χ4n) is 2.83. The molecule has 0 spiro atoms. The molecule has 1 aliphatic heterocycles. The van der Waals surface area contributed by atoms with Gasteiger partial charge in [0.15, 0.2) is 11.5 Å². The molecule has 0 aliphatic carbocycles. The molecule has 3 rings (SSSR count). The van der Waals surface area contributed by atoms with Gasteiger partial charge in [-0.15, -0.1) is 11.8 Å². The van der Waals surface area contributed by atoms with Crippen molar-refractivity contribution in [3.05, 3.63) is 59.7 Å². The highest BCUT2D eigenvalue weighted by Gasteiger charge is 2.32. The maximum Gasteiger partial charge on any atom is 0.233 e. The zero-order valence-corrected chi connectivity index (χ0v) is 15.4. The van der Waals surface area contributed by atoms with Crippen molar-refractivity contribution in [1.29, 1.82) is 5.26 Å². The van der Waals surface area contributed by atoms with Crippen LogP contribution in [0.4, 0.5) is 0 Å². The summed E-state index contributed by atoms with van der Waals surface area (Å²) in [4.78, 5) is 13.8. The minimum Gasteiger partial charge on any atom is -0.493 e. The number of hydrogen-bond acceptors (Lipinski definition) is 5. The monoisotopic (exact) mass is 368 g/mol. The van der Waals surface area contributed by atoms with Gasteiger partial charge in [0.1, 0.15) is 12.0 Å². The van der Waals surface area contributed by atoms with Crippen LogP contribution < -0.4 is 9.47 Å². The number of methoxy groups -OCH3 is 1. The van der Waals surface area contributed by atoms with Gasteiger partial charge in [-0.1, -0.05) is 36.4 Å². The molecule has 1 unspecified atom stereocenters. The summed E-state index contributed by atoms with van der Waals surface area (Å²) in [6, 6.07) is 17.8. The first kappa shape index (κ1) is 18.2. The van der Waals surface area contributed by atoms with Gasteiger partial charge in [-0.05, 0) is 23.3 Å². The van der Waals surface area contributed by atoms with Gasteiger partial charge in [-0.2, -0.15) is 5.26 Å². The minimum atomic E-state index is -0.0899. The van der Waals surface area contributed by atoms with Crippen LogP contribution >= 0.6 is 11.8 Å². The van der Waals surface area contributed by atoms with E-state index in [1.807, 2.05) is 48.5 Å². The summed E-state index contributed by atoms with van der Waals surface area (Å²) in [6.07, 6.45) is 0.332. The van der Waals surface area contributed by atoms with E-state index in [4.69, 9.17) is 14.7 Å². The molecular weight excluding hydrogens is 348 g/mol. The summed E-state index contributed by atoms with van der Waals surface area (Å²) in [5, 5.41) is 8.72. The molecule has 2 aromatic carbocycles. The van der Waals surface area contributed by atoms with Crippen molar-refractivity contribution < 1.29 is 14.3 Å². The zero-order chi connectivity index (χ0) is 18.4. The lowest BCUT2D eigenvalue weighted by atomic mass is 10.1. The number of carbonyl (C=O) groups excluding carboxylic acids is 1.